The first-order valence-corrected chi connectivity index (χ1v) is 7.22. The minimum atomic E-state index is 0.445. The molecule has 0 saturated heterocycles. The molecule has 0 aromatic rings. The van der Waals surface area contributed by atoms with E-state index in [0.29, 0.717) is 24.2 Å². The van der Waals surface area contributed by atoms with E-state index < -0.39 is 0 Å². The highest BCUT2D eigenvalue weighted by Crippen LogP contribution is 2.18. The fourth-order valence-electron chi connectivity index (χ4n) is 2.99. The zero-order chi connectivity index (χ0) is 12.1. The summed E-state index contributed by atoms with van der Waals surface area (Å²) in [6, 6.07) is 2.24. The lowest BCUT2D eigenvalue weighted by Crippen LogP contribution is -2.46. The van der Waals surface area contributed by atoms with E-state index in [1.54, 1.807) is 0 Å². The molecule has 6 N–H and O–H groups in total. The lowest BCUT2D eigenvalue weighted by atomic mass is 9.91. The molecule has 0 aliphatic heterocycles. The molecule has 2 aliphatic rings. The second-order valence-electron chi connectivity index (χ2n) is 5.81. The lowest BCUT2D eigenvalue weighted by Gasteiger charge is -2.30. The molecule has 17 heavy (non-hydrogen) atoms. The van der Waals surface area contributed by atoms with Crippen LogP contribution >= 0.6 is 0 Å². The van der Waals surface area contributed by atoms with Crippen molar-refractivity contribution in [2.24, 2.45) is 11.5 Å². The summed E-state index contributed by atoms with van der Waals surface area (Å²) < 4.78 is 0. The third kappa shape index (κ3) is 4.54. The molecule has 100 valence electrons. The zero-order valence-electron chi connectivity index (χ0n) is 10.8. The van der Waals surface area contributed by atoms with Crippen LogP contribution in [0.5, 0.6) is 0 Å². The van der Waals surface area contributed by atoms with E-state index >= 15 is 0 Å². The maximum Gasteiger partial charge on any atom is 0.0458 e. The van der Waals surface area contributed by atoms with Gasteiger partial charge in [-0.2, -0.15) is 0 Å². The Bertz CT molecular complexity index is 183. The molecular weight excluding hydrogens is 212 g/mol. The molecule has 0 aromatic heterocycles. The van der Waals surface area contributed by atoms with Crippen LogP contribution in [0.3, 0.4) is 0 Å². The number of hydrogen-bond donors (Lipinski definition) is 4. The van der Waals surface area contributed by atoms with Crippen LogP contribution in [0, 0.1) is 0 Å². The average Bonchev–Trinajstić information content (AvgIpc) is 2.34. The Kier molecular flexibility index (Phi) is 5.22. The van der Waals surface area contributed by atoms with Crippen molar-refractivity contribution in [2.45, 2.75) is 75.5 Å². The number of hydrogen-bond acceptors (Lipinski definition) is 4. The van der Waals surface area contributed by atoms with Gasteiger partial charge in [0.2, 0.25) is 0 Å². The van der Waals surface area contributed by atoms with Crippen molar-refractivity contribution in [3.63, 3.8) is 0 Å². The van der Waals surface area contributed by atoms with Crippen LogP contribution in [0.2, 0.25) is 0 Å². The predicted molar refractivity (Wildman–Crippen MR) is 71.6 cm³/mol. The summed E-state index contributed by atoms with van der Waals surface area (Å²) in [6.45, 7) is 0.944. The highest BCUT2D eigenvalue weighted by molar-refractivity contribution is 4.81. The third-order valence-corrected chi connectivity index (χ3v) is 4.33. The van der Waals surface area contributed by atoms with E-state index in [1.807, 2.05) is 0 Å². The summed E-state index contributed by atoms with van der Waals surface area (Å²) in [5.74, 6) is 0. The summed E-state index contributed by atoms with van der Waals surface area (Å²) in [7, 11) is 0. The molecule has 2 aliphatic carbocycles. The van der Waals surface area contributed by atoms with E-state index in [9.17, 15) is 0 Å². The molecule has 0 unspecified atom stereocenters. The van der Waals surface area contributed by atoms with Crippen LogP contribution in [0.15, 0.2) is 0 Å². The molecule has 0 radical (unpaired) electrons. The van der Waals surface area contributed by atoms with Gasteiger partial charge in [-0.05, 0) is 51.4 Å². The monoisotopic (exact) mass is 240 g/mol. The van der Waals surface area contributed by atoms with Crippen molar-refractivity contribution in [1.29, 1.82) is 0 Å². The largest absolute Gasteiger partial charge is 0.328 e. The van der Waals surface area contributed by atoms with E-state index in [2.05, 4.69) is 10.6 Å². The summed E-state index contributed by atoms with van der Waals surface area (Å²) in [4.78, 5) is 0. The fraction of sp³-hybridized carbons (Fsp3) is 1.00. The van der Waals surface area contributed by atoms with Gasteiger partial charge >= 0.3 is 0 Å². The van der Waals surface area contributed by atoms with Crippen LogP contribution in [0.1, 0.15) is 51.4 Å². The highest BCUT2D eigenvalue weighted by Gasteiger charge is 2.20. The summed E-state index contributed by atoms with van der Waals surface area (Å²) in [6.07, 6.45) is 9.64. The molecular formula is C13H28N4. The Hall–Kier alpha value is -0.160. The topological polar surface area (TPSA) is 76.1 Å². The average molecular weight is 240 g/mol. The van der Waals surface area contributed by atoms with Gasteiger partial charge in [-0.3, -0.25) is 0 Å². The molecule has 2 fully saturated rings. The molecule has 0 spiro atoms. The van der Waals surface area contributed by atoms with Gasteiger partial charge in [0, 0.05) is 30.8 Å². The lowest BCUT2D eigenvalue weighted by molar-refractivity contribution is 0.300. The van der Waals surface area contributed by atoms with E-state index in [-0.39, 0.29) is 0 Å². The van der Waals surface area contributed by atoms with Gasteiger partial charge in [0.1, 0.15) is 0 Å². The predicted octanol–water partition coefficient (Wildman–Crippen LogP) is 0.663. The van der Waals surface area contributed by atoms with E-state index in [4.69, 9.17) is 11.5 Å². The van der Waals surface area contributed by atoms with E-state index in [0.717, 1.165) is 6.67 Å². The minimum absolute atomic E-state index is 0.445. The summed E-state index contributed by atoms with van der Waals surface area (Å²) in [5, 5.41) is 7.21. The normalized spacial score (nSPS) is 39.2. The highest BCUT2D eigenvalue weighted by atomic mass is 15.1. The first kappa shape index (κ1) is 13.3. The molecule has 4 nitrogen and oxygen atoms in total. The molecule has 2 saturated carbocycles. The third-order valence-electron chi connectivity index (χ3n) is 4.33. The summed E-state index contributed by atoms with van der Waals surface area (Å²) in [5.41, 5.74) is 11.8. The van der Waals surface area contributed by atoms with Gasteiger partial charge in [-0.1, -0.05) is 0 Å². The molecule has 0 bridgehead atoms. The Morgan fingerprint density at radius 1 is 0.647 bits per heavy atom. The first-order chi connectivity index (χ1) is 8.24. The van der Waals surface area contributed by atoms with Gasteiger partial charge < -0.3 is 22.1 Å². The van der Waals surface area contributed by atoms with Crippen molar-refractivity contribution in [1.82, 2.24) is 10.6 Å². The molecule has 0 atom stereocenters. The van der Waals surface area contributed by atoms with Crippen molar-refractivity contribution >= 4 is 0 Å². The van der Waals surface area contributed by atoms with E-state index in [1.165, 1.54) is 51.4 Å². The zero-order valence-corrected chi connectivity index (χ0v) is 10.8. The Labute approximate surface area is 105 Å². The maximum absolute atomic E-state index is 5.90. The standard InChI is InChI=1S/C13H28N4/c14-10-1-5-12(6-2-10)16-9-17-13-7-3-11(15)4-8-13/h10-13,16-17H,1-9,14-15H2. The van der Waals surface area contributed by atoms with Gasteiger partial charge in [-0.15, -0.1) is 0 Å². The number of nitrogens with one attached hydrogen (secondary N) is 2. The number of nitrogens with two attached hydrogens (primary N) is 2. The quantitative estimate of drug-likeness (QED) is 0.545. The SMILES string of the molecule is NC1CCC(NCNC2CCC(N)CC2)CC1. The van der Waals surface area contributed by atoms with Crippen LogP contribution in [-0.4, -0.2) is 30.8 Å². The second kappa shape index (κ2) is 6.69. The second-order valence-corrected chi connectivity index (χ2v) is 5.81. The Morgan fingerprint density at radius 2 is 1.00 bits per heavy atom. The number of rotatable bonds is 4. The van der Waals surface area contributed by atoms with Gasteiger partial charge in [0.05, 0.1) is 0 Å². The molecule has 4 heteroatoms. The van der Waals surface area contributed by atoms with Crippen molar-refractivity contribution < 1.29 is 0 Å². The summed E-state index contributed by atoms with van der Waals surface area (Å²) >= 11 is 0. The first-order valence-electron chi connectivity index (χ1n) is 7.22. The molecule has 0 aromatic carbocycles. The minimum Gasteiger partial charge on any atom is -0.328 e. The Morgan fingerprint density at radius 3 is 1.35 bits per heavy atom. The van der Waals surface area contributed by atoms with Crippen LogP contribution in [0.4, 0.5) is 0 Å². The molecule has 2 rings (SSSR count). The smallest absolute Gasteiger partial charge is 0.0458 e. The molecule has 0 heterocycles. The maximum atomic E-state index is 5.90. The van der Waals surface area contributed by atoms with Gasteiger partial charge in [0.25, 0.3) is 0 Å². The van der Waals surface area contributed by atoms with Crippen LogP contribution in [0.25, 0.3) is 0 Å². The van der Waals surface area contributed by atoms with Crippen LogP contribution in [-0.2, 0) is 0 Å². The Balaban J connectivity index is 1.54. The van der Waals surface area contributed by atoms with Crippen molar-refractivity contribution in [3.8, 4) is 0 Å². The van der Waals surface area contributed by atoms with Gasteiger partial charge in [0.15, 0.2) is 0 Å². The van der Waals surface area contributed by atoms with Crippen molar-refractivity contribution in [2.75, 3.05) is 6.67 Å². The molecule has 0 amide bonds. The van der Waals surface area contributed by atoms with Crippen LogP contribution < -0.4 is 22.1 Å². The van der Waals surface area contributed by atoms with Crippen molar-refractivity contribution in [3.05, 3.63) is 0 Å². The van der Waals surface area contributed by atoms with Gasteiger partial charge in [-0.25, -0.2) is 0 Å². The fourth-order valence-corrected chi connectivity index (χ4v) is 2.99.